The van der Waals surface area contributed by atoms with Gasteiger partial charge < -0.3 is 36.8 Å². The van der Waals surface area contributed by atoms with Gasteiger partial charge in [-0.2, -0.15) is 0 Å². The Kier molecular flexibility index (Phi) is 23.5. The van der Waals surface area contributed by atoms with Crippen LogP contribution in [0.3, 0.4) is 0 Å². The first-order valence-corrected chi connectivity index (χ1v) is 15.8. The minimum absolute atomic E-state index is 0.0466. The van der Waals surface area contributed by atoms with E-state index in [2.05, 4.69) is 23.6 Å². The van der Waals surface area contributed by atoms with E-state index in [1.807, 2.05) is 12.2 Å². The van der Waals surface area contributed by atoms with Crippen molar-refractivity contribution >= 4 is 41.5 Å². The predicted octanol–water partition coefficient (Wildman–Crippen LogP) is 3.00. The van der Waals surface area contributed by atoms with Gasteiger partial charge in [-0.1, -0.05) is 75.5 Å². The molecular weight excluding hydrogens is 578 g/mol. The number of aliphatic hydroxyl groups excluding tert-OH is 1. The number of carboxylic acid groups (broad SMARTS) is 3. The number of aliphatic carboxylic acids is 3. The number of carbonyl (C=O) groups is 5. The van der Waals surface area contributed by atoms with Crippen molar-refractivity contribution in [1.29, 1.82) is 0 Å². The van der Waals surface area contributed by atoms with Gasteiger partial charge in [-0.05, 0) is 32.1 Å². The summed E-state index contributed by atoms with van der Waals surface area (Å²) in [5.74, 6) is -4.98. The van der Waals surface area contributed by atoms with Crippen molar-refractivity contribution in [2.45, 2.75) is 107 Å². The topological polar surface area (TPSA) is 216 Å². The zero-order valence-corrected chi connectivity index (χ0v) is 25.8. The molecule has 8 N–H and O–H groups in total. The predicted molar refractivity (Wildman–Crippen MR) is 167 cm³/mol. The average molecular weight is 628 g/mol. The molecular formula is C30H49N3O9S. The maximum Gasteiger partial charge on any atom is 0.322 e. The second-order valence-electron chi connectivity index (χ2n) is 10.1. The fourth-order valence-electron chi connectivity index (χ4n) is 3.79. The number of nitrogens with two attached hydrogens (primary N) is 1. The van der Waals surface area contributed by atoms with Crippen LogP contribution in [0.5, 0.6) is 0 Å². The summed E-state index contributed by atoms with van der Waals surface area (Å²) < 4.78 is 0. The summed E-state index contributed by atoms with van der Waals surface area (Å²) in [6.07, 6.45) is 18.4. The molecule has 13 heteroatoms. The highest BCUT2D eigenvalue weighted by atomic mass is 32.2. The molecule has 0 heterocycles. The van der Waals surface area contributed by atoms with Crippen molar-refractivity contribution in [2.75, 3.05) is 12.3 Å². The lowest BCUT2D eigenvalue weighted by molar-refractivity contribution is -0.139. The summed E-state index contributed by atoms with van der Waals surface area (Å²) in [7, 11) is 0. The van der Waals surface area contributed by atoms with E-state index in [9.17, 15) is 29.1 Å². The second-order valence-corrected chi connectivity index (χ2v) is 11.3. The van der Waals surface area contributed by atoms with Gasteiger partial charge in [0.15, 0.2) is 0 Å². The zero-order valence-electron chi connectivity index (χ0n) is 25.0. The highest BCUT2D eigenvalue weighted by molar-refractivity contribution is 8.00. The van der Waals surface area contributed by atoms with Gasteiger partial charge in [-0.25, -0.2) is 0 Å². The first kappa shape index (κ1) is 39.8. The highest BCUT2D eigenvalue weighted by Crippen LogP contribution is 2.22. The molecule has 0 spiro atoms. The number of hydrogen-bond donors (Lipinski definition) is 7. The van der Waals surface area contributed by atoms with Crippen LogP contribution in [-0.2, 0) is 24.0 Å². The molecule has 0 aromatic heterocycles. The van der Waals surface area contributed by atoms with Gasteiger partial charge in [0.2, 0.25) is 11.8 Å². The standard InChI is InChI=1S/C30H49N3O9S/c1-2-3-4-5-6-7-8-9-10-11-12-13-16-25(24(34)15-14-17-27(36)37)43-21-23(29(40)32-20-28(38)39)33-26(35)19-18-22(31)30(41)42/h9-13,16,22-25,34H,2-8,14-15,17-21,31H2,1H3,(H,32,40)(H,33,35)(H,36,37)(H,38,39)(H,41,42)/b10-9-,12-11+,16-13+/t22-,23-,24-,25+/m0/s1. The molecule has 0 saturated carbocycles. The van der Waals surface area contributed by atoms with Crippen LogP contribution in [0, 0.1) is 0 Å². The molecule has 0 aliphatic heterocycles. The number of carboxylic acids is 3. The Balaban J connectivity index is 5.31. The molecule has 0 saturated heterocycles. The molecule has 0 unspecified atom stereocenters. The summed E-state index contributed by atoms with van der Waals surface area (Å²) >= 11 is 1.14. The van der Waals surface area contributed by atoms with Crippen molar-refractivity contribution < 1.29 is 44.4 Å². The molecule has 0 rings (SSSR count). The summed E-state index contributed by atoms with van der Waals surface area (Å²) in [6.45, 7) is 1.52. The van der Waals surface area contributed by atoms with E-state index in [0.717, 1.165) is 24.6 Å². The number of carbonyl (C=O) groups excluding carboxylic acids is 2. The van der Waals surface area contributed by atoms with Gasteiger partial charge in [-0.3, -0.25) is 24.0 Å². The van der Waals surface area contributed by atoms with Crippen LogP contribution in [0.2, 0.25) is 0 Å². The van der Waals surface area contributed by atoms with Crippen LogP contribution >= 0.6 is 11.8 Å². The van der Waals surface area contributed by atoms with Gasteiger partial charge in [0.25, 0.3) is 0 Å². The lowest BCUT2D eigenvalue weighted by atomic mass is 10.1. The number of unbranched alkanes of at least 4 members (excludes halogenated alkanes) is 6. The number of nitrogens with one attached hydrogen (secondary N) is 2. The molecule has 0 aliphatic carbocycles. The molecule has 2 amide bonds. The Hall–Kier alpha value is -3.16. The Bertz CT molecular complexity index is 940. The van der Waals surface area contributed by atoms with Crippen LogP contribution < -0.4 is 16.4 Å². The third-order valence-electron chi connectivity index (χ3n) is 6.28. The minimum atomic E-state index is -1.28. The van der Waals surface area contributed by atoms with Gasteiger partial charge in [0.1, 0.15) is 18.6 Å². The van der Waals surface area contributed by atoms with Crippen LogP contribution in [0.15, 0.2) is 36.5 Å². The molecule has 43 heavy (non-hydrogen) atoms. The molecule has 12 nitrogen and oxygen atoms in total. The van der Waals surface area contributed by atoms with E-state index in [1.165, 1.54) is 32.1 Å². The van der Waals surface area contributed by atoms with E-state index in [0.29, 0.717) is 0 Å². The van der Waals surface area contributed by atoms with Gasteiger partial charge in [0.05, 0.1) is 6.10 Å². The molecule has 0 radical (unpaired) electrons. The molecule has 0 aliphatic rings. The van der Waals surface area contributed by atoms with Gasteiger partial charge >= 0.3 is 17.9 Å². The summed E-state index contributed by atoms with van der Waals surface area (Å²) in [5.41, 5.74) is 5.44. The fourth-order valence-corrected chi connectivity index (χ4v) is 5.00. The van der Waals surface area contributed by atoms with E-state index in [1.54, 1.807) is 18.2 Å². The van der Waals surface area contributed by atoms with Gasteiger partial charge in [-0.15, -0.1) is 11.8 Å². The first-order chi connectivity index (χ1) is 20.5. The summed E-state index contributed by atoms with van der Waals surface area (Å²) in [6, 6.07) is -2.44. The number of hydrogen-bond acceptors (Lipinski definition) is 8. The lowest BCUT2D eigenvalue weighted by Gasteiger charge is -2.23. The highest BCUT2D eigenvalue weighted by Gasteiger charge is 2.25. The Labute approximate surface area is 258 Å². The summed E-state index contributed by atoms with van der Waals surface area (Å²) in [4.78, 5) is 57.8. The normalized spacial score (nSPS) is 14.5. The fraction of sp³-hybridized carbons (Fsp3) is 0.633. The van der Waals surface area contributed by atoms with Gasteiger partial charge in [0, 0.05) is 23.8 Å². The smallest absolute Gasteiger partial charge is 0.322 e. The molecule has 4 atom stereocenters. The minimum Gasteiger partial charge on any atom is -0.481 e. The van der Waals surface area contributed by atoms with Crippen molar-refractivity contribution in [2.24, 2.45) is 5.73 Å². The Morgan fingerprint density at radius 2 is 1.51 bits per heavy atom. The number of aliphatic hydroxyl groups is 1. The maximum atomic E-state index is 12.6. The van der Waals surface area contributed by atoms with Crippen molar-refractivity contribution in [3.63, 3.8) is 0 Å². The number of rotatable bonds is 26. The van der Waals surface area contributed by atoms with Crippen molar-refractivity contribution in [3.8, 4) is 0 Å². The van der Waals surface area contributed by atoms with E-state index >= 15 is 0 Å². The molecule has 0 bridgehead atoms. The van der Waals surface area contributed by atoms with E-state index in [4.69, 9.17) is 21.1 Å². The Morgan fingerprint density at radius 1 is 0.837 bits per heavy atom. The number of thioether (sulfide) groups is 1. The first-order valence-electron chi connectivity index (χ1n) is 14.8. The third-order valence-corrected chi connectivity index (χ3v) is 7.67. The van der Waals surface area contributed by atoms with Crippen molar-refractivity contribution in [3.05, 3.63) is 36.5 Å². The Morgan fingerprint density at radius 3 is 2.16 bits per heavy atom. The monoisotopic (exact) mass is 627 g/mol. The van der Waals surface area contributed by atoms with Crippen LogP contribution in [0.1, 0.15) is 84.0 Å². The maximum absolute atomic E-state index is 12.6. The average Bonchev–Trinajstić information content (AvgIpc) is 2.95. The number of amides is 2. The SMILES string of the molecule is CCCCCCCC\C=C/C=C/C=C/[C@@H](SC[C@H](NC(=O)CC[C@H](N)C(=O)O)C(=O)NCC(=O)O)[C@@H](O)CCCC(=O)O. The molecule has 0 fully saturated rings. The lowest BCUT2D eigenvalue weighted by Crippen LogP contribution is -2.50. The van der Waals surface area contributed by atoms with Crippen LogP contribution in [0.4, 0.5) is 0 Å². The number of allylic oxidation sites excluding steroid dienone is 5. The largest absolute Gasteiger partial charge is 0.481 e. The second kappa shape index (κ2) is 25.3. The molecule has 0 aromatic rings. The van der Waals surface area contributed by atoms with Crippen LogP contribution in [0.25, 0.3) is 0 Å². The van der Waals surface area contributed by atoms with Crippen molar-refractivity contribution in [1.82, 2.24) is 10.6 Å². The third kappa shape index (κ3) is 23.0. The summed E-state index contributed by atoms with van der Waals surface area (Å²) in [5, 5.41) is 41.6. The quantitative estimate of drug-likeness (QED) is 0.0546. The molecule has 244 valence electrons. The van der Waals surface area contributed by atoms with E-state index in [-0.39, 0.29) is 37.9 Å². The van der Waals surface area contributed by atoms with E-state index < -0.39 is 59.7 Å². The zero-order chi connectivity index (χ0) is 32.5. The molecule has 0 aromatic carbocycles. The van der Waals surface area contributed by atoms with Crippen LogP contribution in [-0.4, -0.2) is 85.9 Å².